The number of nitrogens with two attached hydrogens (primary N) is 1. The van der Waals surface area contributed by atoms with Gasteiger partial charge in [0.25, 0.3) is 0 Å². The van der Waals surface area contributed by atoms with Gasteiger partial charge in [-0.1, -0.05) is 6.92 Å². The second-order valence-corrected chi connectivity index (χ2v) is 4.89. The molecule has 1 aromatic rings. The molecular weight excluding hydrogens is 216 g/mol. The average molecular weight is 236 g/mol. The number of likely N-dealkylation sites (tertiary alicyclic amines) is 1. The zero-order valence-electron chi connectivity index (χ0n) is 10.4. The normalized spacial score (nSPS) is 25.1. The molecule has 1 saturated heterocycles. The van der Waals surface area contributed by atoms with Gasteiger partial charge in [0.1, 0.15) is 5.82 Å². The minimum atomic E-state index is 0.475. The van der Waals surface area contributed by atoms with Gasteiger partial charge in [0.15, 0.2) is 0 Å². The van der Waals surface area contributed by atoms with E-state index in [1.54, 1.807) is 0 Å². The summed E-state index contributed by atoms with van der Waals surface area (Å²) in [6, 6.07) is 0.475. The summed E-state index contributed by atoms with van der Waals surface area (Å²) in [4.78, 5) is 2.46. The van der Waals surface area contributed by atoms with E-state index in [-0.39, 0.29) is 0 Å². The Morgan fingerprint density at radius 1 is 1.53 bits per heavy atom. The largest absolute Gasteiger partial charge is 0.382 e. The highest BCUT2D eigenvalue weighted by Crippen LogP contribution is 2.29. The van der Waals surface area contributed by atoms with Crippen LogP contribution in [0.25, 0.3) is 0 Å². The smallest absolute Gasteiger partial charge is 0.149 e. The minimum absolute atomic E-state index is 0.475. The number of hydrogen-bond acceptors (Lipinski definition) is 4. The van der Waals surface area contributed by atoms with Gasteiger partial charge in [0, 0.05) is 25.1 Å². The maximum absolute atomic E-state index is 6.00. The van der Waals surface area contributed by atoms with E-state index in [1.807, 2.05) is 0 Å². The van der Waals surface area contributed by atoms with Gasteiger partial charge in [-0.15, -0.1) is 0 Å². The molecule has 1 fully saturated rings. The molecule has 2 aliphatic heterocycles. The Morgan fingerprint density at radius 3 is 3.18 bits per heavy atom. The van der Waals surface area contributed by atoms with Crippen molar-refractivity contribution in [3.8, 4) is 0 Å². The first-order chi connectivity index (χ1) is 8.29. The molecule has 94 valence electrons. The molecule has 0 aliphatic carbocycles. The lowest BCUT2D eigenvalue weighted by Gasteiger charge is -2.19. The first kappa shape index (κ1) is 11.0. The van der Waals surface area contributed by atoms with Crippen molar-refractivity contribution in [2.45, 2.75) is 32.4 Å². The zero-order chi connectivity index (χ0) is 11.8. The van der Waals surface area contributed by atoms with Crippen LogP contribution in [0.3, 0.4) is 0 Å². The number of rotatable bonds is 2. The summed E-state index contributed by atoms with van der Waals surface area (Å²) < 4.78 is 7.66. The molecule has 2 N–H and O–H groups in total. The van der Waals surface area contributed by atoms with Gasteiger partial charge in [0.05, 0.1) is 24.9 Å². The van der Waals surface area contributed by atoms with Crippen molar-refractivity contribution in [1.82, 2.24) is 14.7 Å². The molecular formula is C12H20N4O. The Morgan fingerprint density at radius 2 is 2.41 bits per heavy atom. The molecule has 0 saturated carbocycles. The van der Waals surface area contributed by atoms with Crippen LogP contribution >= 0.6 is 0 Å². The number of aromatic nitrogens is 2. The molecule has 0 bridgehead atoms. The van der Waals surface area contributed by atoms with Gasteiger partial charge in [0.2, 0.25) is 0 Å². The van der Waals surface area contributed by atoms with E-state index in [4.69, 9.17) is 10.5 Å². The Bertz CT molecular complexity index is 415. The Balaban J connectivity index is 1.88. The maximum atomic E-state index is 6.00. The van der Waals surface area contributed by atoms with Gasteiger partial charge in [-0.25, -0.2) is 0 Å². The van der Waals surface area contributed by atoms with Crippen molar-refractivity contribution >= 4 is 5.82 Å². The number of anilines is 1. The van der Waals surface area contributed by atoms with Crippen molar-refractivity contribution in [2.75, 3.05) is 32.0 Å². The fourth-order valence-corrected chi connectivity index (χ4v) is 2.89. The highest BCUT2D eigenvalue weighted by atomic mass is 16.5. The summed E-state index contributed by atoms with van der Waals surface area (Å²) in [5, 5.41) is 4.53. The van der Waals surface area contributed by atoms with Crippen LogP contribution in [0.4, 0.5) is 5.82 Å². The first-order valence-corrected chi connectivity index (χ1v) is 6.45. The second kappa shape index (κ2) is 4.31. The van der Waals surface area contributed by atoms with Crippen molar-refractivity contribution in [2.24, 2.45) is 0 Å². The number of nitrogens with zero attached hydrogens (tertiary/aromatic N) is 3. The Hall–Kier alpha value is -1.07. The number of ether oxygens (including phenoxy) is 1. The fraction of sp³-hybridized carbons (Fsp3) is 0.750. The predicted octanol–water partition coefficient (Wildman–Crippen LogP) is 0.805. The summed E-state index contributed by atoms with van der Waals surface area (Å²) in [6.07, 6.45) is 2.08. The molecule has 3 heterocycles. The van der Waals surface area contributed by atoms with Crippen LogP contribution in [0.5, 0.6) is 0 Å². The molecule has 3 rings (SSSR count). The van der Waals surface area contributed by atoms with Gasteiger partial charge in [-0.3, -0.25) is 4.68 Å². The third-order valence-electron chi connectivity index (χ3n) is 3.93. The minimum Gasteiger partial charge on any atom is -0.382 e. The number of likely N-dealkylation sites (N-methyl/N-ethyl adjacent to an activating group) is 1. The molecule has 17 heavy (non-hydrogen) atoms. The van der Waals surface area contributed by atoms with Crippen molar-refractivity contribution in [3.05, 3.63) is 11.3 Å². The first-order valence-electron chi connectivity index (χ1n) is 6.45. The van der Waals surface area contributed by atoms with Crippen LogP contribution in [0.15, 0.2) is 0 Å². The molecule has 1 aromatic heterocycles. The van der Waals surface area contributed by atoms with Crippen molar-refractivity contribution < 1.29 is 4.74 Å². The van der Waals surface area contributed by atoms with E-state index in [9.17, 15) is 0 Å². The molecule has 0 aromatic carbocycles. The summed E-state index contributed by atoms with van der Waals surface area (Å²) in [7, 11) is 0. The molecule has 1 atom stereocenters. The molecule has 0 spiro atoms. The van der Waals surface area contributed by atoms with Crippen LogP contribution in [-0.4, -0.2) is 40.9 Å². The van der Waals surface area contributed by atoms with Crippen LogP contribution in [-0.2, 0) is 17.8 Å². The van der Waals surface area contributed by atoms with E-state index in [0.29, 0.717) is 18.5 Å². The monoisotopic (exact) mass is 236 g/mol. The summed E-state index contributed by atoms with van der Waals surface area (Å²) in [6.45, 7) is 7.02. The average Bonchev–Trinajstić information content (AvgIpc) is 2.95. The van der Waals surface area contributed by atoms with Crippen molar-refractivity contribution in [3.63, 3.8) is 0 Å². The SMILES string of the molecule is CCN1CCC(n2nc(N)c3c2COCC3)C1. The molecule has 2 aliphatic rings. The third-order valence-corrected chi connectivity index (χ3v) is 3.93. The molecule has 5 heteroatoms. The van der Waals surface area contributed by atoms with E-state index < -0.39 is 0 Å². The van der Waals surface area contributed by atoms with E-state index in [2.05, 4.69) is 21.6 Å². The highest BCUT2D eigenvalue weighted by molar-refractivity contribution is 5.43. The number of nitrogen functional groups attached to an aromatic ring is 1. The topological polar surface area (TPSA) is 56.3 Å². The van der Waals surface area contributed by atoms with Crippen LogP contribution < -0.4 is 5.73 Å². The standard InChI is InChI=1S/C12H20N4O/c1-2-15-5-3-9(7-15)16-11-8-17-6-4-10(11)12(13)14-16/h9H,2-8H2,1H3,(H2,13,14). The molecule has 0 radical (unpaired) electrons. The van der Waals surface area contributed by atoms with Gasteiger partial charge >= 0.3 is 0 Å². The summed E-state index contributed by atoms with van der Waals surface area (Å²) >= 11 is 0. The van der Waals surface area contributed by atoms with E-state index in [0.717, 1.165) is 32.7 Å². The van der Waals surface area contributed by atoms with Crippen LogP contribution in [0.1, 0.15) is 30.6 Å². The second-order valence-electron chi connectivity index (χ2n) is 4.89. The highest BCUT2D eigenvalue weighted by Gasteiger charge is 2.28. The van der Waals surface area contributed by atoms with E-state index in [1.165, 1.54) is 17.7 Å². The fourth-order valence-electron chi connectivity index (χ4n) is 2.89. The Kier molecular flexibility index (Phi) is 2.80. The Labute approximate surface area is 102 Å². The van der Waals surface area contributed by atoms with Crippen molar-refractivity contribution in [1.29, 1.82) is 0 Å². The van der Waals surface area contributed by atoms with E-state index >= 15 is 0 Å². The maximum Gasteiger partial charge on any atom is 0.149 e. The number of fused-ring (bicyclic) bond motifs is 1. The third kappa shape index (κ3) is 1.83. The lowest BCUT2D eigenvalue weighted by Crippen LogP contribution is -2.23. The molecule has 5 nitrogen and oxygen atoms in total. The summed E-state index contributed by atoms with van der Waals surface area (Å²) in [5.74, 6) is 0.707. The molecule has 1 unspecified atom stereocenters. The quantitative estimate of drug-likeness (QED) is 0.825. The van der Waals surface area contributed by atoms with Gasteiger partial charge in [-0.05, 0) is 13.0 Å². The lowest BCUT2D eigenvalue weighted by atomic mass is 10.1. The van der Waals surface area contributed by atoms with Crippen LogP contribution in [0.2, 0.25) is 0 Å². The summed E-state index contributed by atoms with van der Waals surface area (Å²) in [5.41, 5.74) is 8.42. The van der Waals surface area contributed by atoms with Crippen LogP contribution in [0, 0.1) is 0 Å². The predicted molar refractivity (Wildman–Crippen MR) is 65.8 cm³/mol. The number of hydrogen-bond donors (Lipinski definition) is 1. The van der Waals surface area contributed by atoms with Gasteiger partial charge < -0.3 is 15.4 Å². The molecule has 0 amide bonds. The zero-order valence-corrected chi connectivity index (χ0v) is 10.4. The lowest BCUT2D eigenvalue weighted by molar-refractivity contribution is 0.103. The van der Waals surface area contributed by atoms with Gasteiger partial charge in [-0.2, -0.15) is 5.10 Å².